The van der Waals surface area contributed by atoms with Crippen LogP contribution in [0.3, 0.4) is 0 Å². The quantitative estimate of drug-likeness (QED) is 0.785. The Labute approximate surface area is 109 Å². The van der Waals surface area contributed by atoms with E-state index in [4.69, 9.17) is 0 Å². The summed E-state index contributed by atoms with van der Waals surface area (Å²) in [5, 5.41) is 12.0. The molecule has 3 heterocycles. The van der Waals surface area contributed by atoms with E-state index in [-0.39, 0.29) is 0 Å². The summed E-state index contributed by atoms with van der Waals surface area (Å²) in [6.45, 7) is 4.93. The van der Waals surface area contributed by atoms with Gasteiger partial charge in [0.1, 0.15) is 0 Å². The molecule has 0 aromatic carbocycles. The number of rotatable bonds is 3. The standard InChI is InChI=1S/C13H14N4S/c1-9-4-3-5-17-12(9)15-13(16-17)14-6-11-8-18-7-10(11)2/h3-5,7-8H,6H2,1-2H3,(H,14,16). The first-order valence-electron chi connectivity index (χ1n) is 5.81. The summed E-state index contributed by atoms with van der Waals surface area (Å²) < 4.78 is 1.80. The fourth-order valence-corrected chi connectivity index (χ4v) is 2.71. The molecule has 18 heavy (non-hydrogen) atoms. The first-order valence-corrected chi connectivity index (χ1v) is 6.76. The third-order valence-corrected chi connectivity index (χ3v) is 3.87. The summed E-state index contributed by atoms with van der Waals surface area (Å²) in [4.78, 5) is 4.49. The predicted molar refractivity (Wildman–Crippen MR) is 74.1 cm³/mol. The van der Waals surface area contributed by atoms with E-state index in [1.165, 1.54) is 11.1 Å². The van der Waals surface area contributed by atoms with Crippen molar-refractivity contribution < 1.29 is 0 Å². The van der Waals surface area contributed by atoms with Crippen molar-refractivity contribution in [3.8, 4) is 0 Å². The lowest BCUT2D eigenvalue weighted by molar-refractivity contribution is 0.946. The van der Waals surface area contributed by atoms with Gasteiger partial charge in [0.15, 0.2) is 5.65 Å². The Morgan fingerprint density at radius 2 is 2.17 bits per heavy atom. The number of fused-ring (bicyclic) bond motifs is 1. The number of hydrogen-bond acceptors (Lipinski definition) is 4. The second-order valence-corrected chi connectivity index (χ2v) is 5.07. The Hall–Kier alpha value is -1.88. The van der Waals surface area contributed by atoms with E-state index in [1.54, 1.807) is 15.9 Å². The molecule has 0 atom stereocenters. The van der Waals surface area contributed by atoms with Gasteiger partial charge in [0, 0.05) is 12.7 Å². The highest BCUT2D eigenvalue weighted by molar-refractivity contribution is 7.08. The molecule has 3 rings (SSSR count). The predicted octanol–water partition coefficient (Wildman–Crippen LogP) is 3.02. The molecule has 1 N–H and O–H groups in total. The van der Waals surface area contributed by atoms with Crippen LogP contribution in [0.15, 0.2) is 29.1 Å². The Kier molecular flexibility index (Phi) is 2.76. The van der Waals surface area contributed by atoms with Crippen molar-refractivity contribution in [2.24, 2.45) is 0 Å². The van der Waals surface area contributed by atoms with Gasteiger partial charge in [-0.1, -0.05) is 6.07 Å². The average Bonchev–Trinajstić information content (AvgIpc) is 2.93. The molecule has 0 saturated heterocycles. The van der Waals surface area contributed by atoms with E-state index in [9.17, 15) is 0 Å². The van der Waals surface area contributed by atoms with Crippen molar-refractivity contribution in [1.29, 1.82) is 0 Å². The summed E-state index contributed by atoms with van der Waals surface area (Å²) in [7, 11) is 0. The zero-order valence-corrected chi connectivity index (χ0v) is 11.2. The minimum absolute atomic E-state index is 0.676. The van der Waals surface area contributed by atoms with E-state index >= 15 is 0 Å². The molecule has 0 radical (unpaired) electrons. The lowest BCUT2D eigenvalue weighted by Gasteiger charge is -2.00. The number of pyridine rings is 1. The largest absolute Gasteiger partial charge is 0.349 e. The van der Waals surface area contributed by atoms with Crippen LogP contribution >= 0.6 is 11.3 Å². The van der Waals surface area contributed by atoms with Gasteiger partial charge in [-0.05, 0) is 47.4 Å². The van der Waals surface area contributed by atoms with Crippen molar-refractivity contribution in [2.75, 3.05) is 5.32 Å². The maximum atomic E-state index is 4.49. The highest BCUT2D eigenvalue weighted by atomic mass is 32.1. The van der Waals surface area contributed by atoms with Crippen LogP contribution in [-0.4, -0.2) is 14.6 Å². The van der Waals surface area contributed by atoms with E-state index < -0.39 is 0 Å². The summed E-state index contributed by atoms with van der Waals surface area (Å²) in [5.74, 6) is 0.676. The fourth-order valence-electron chi connectivity index (χ4n) is 1.86. The molecule has 0 unspecified atom stereocenters. The Balaban J connectivity index is 1.83. The molecular weight excluding hydrogens is 244 g/mol. The number of anilines is 1. The molecule has 0 aliphatic rings. The van der Waals surface area contributed by atoms with Crippen molar-refractivity contribution in [1.82, 2.24) is 14.6 Å². The monoisotopic (exact) mass is 258 g/mol. The third kappa shape index (κ3) is 1.97. The maximum Gasteiger partial charge on any atom is 0.243 e. The zero-order chi connectivity index (χ0) is 12.5. The van der Waals surface area contributed by atoms with Crippen LogP contribution in [0.4, 0.5) is 5.95 Å². The average molecular weight is 258 g/mol. The summed E-state index contributed by atoms with van der Waals surface area (Å²) in [5.41, 5.74) is 4.65. The lowest BCUT2D eigenvalue weighted by Crippen LogP contribution is -2.01. The second-order valence-electron chi connectivity index (χ2n) is 4.33. The molecule has 0 saturated carbocycles. The molecule has 5 heteroatoms. The Morgan fingerprint density at radius 1 is 1.28 bits per heavy atom. The van der Waals surface area contributed by atoms with Gasteiger partial charge in [0.2, 0.25) is 5.95 Å². The molecule has 4 nitrogen and oxygen atoms in total. The van der Waals surface area contributed by atoms with E-state index in [2.05, 4.69) is 33.1 Å². The summed E-state index contributed by atoms with van der Waals surface area (Å²) in [6, 6.07) is 4.01. The number of nitrogens with zero attached hydrogens (tertiary/aromatic N) is 3. The van der Waals surface area contributed by atoms with Crippen molar-refractivity contribution >= 4 is 22.9 Å². The van der Waals surface area contributed by atoms with Gasteiger partial charge in [0.25, 0.3) is 0 Å². The molecule has 0 spiro atoms. The second kappa shape index (κ2) is 4.42. The molecular formula is C13H14N4S. The van der Waals surface area contributed by atoms with Gasteiger partial charge in [-0.3, -0.25) is 0 Å². The number of hydrogen-bond donors (Lipinski definition) is 1. The lowest BCUT2D eigenvalue weighted by atomic mass is 10.2. The molecule has 0 amide bonds. The highest BCUT2D eigenvalue weighted by Gasteiger charge is 2.05. The normalized spacial score (nSPS) is 11.0. The molecule has 0 aliphatic heterocycles. The SMILES string of the molecule is Cc1cscc1CNc1nc2c(C)cccn2n1. The van der Waals surface area contributed by atoms with Crippen LogP contribution in [0, 0.1) is 13.8 Å². The molecule has 0 bridgehead atoms. The fraction of sp³-hybridized carbons (Fsp3) is 0.231. The smallest absolute Gasteiger partial charge is 0.243 e. The van der Waals surface area contributed by atoms with Gasteiger partial charge >= 0.3 is 0 Å². The van der Waals surface area contributed by atoms with Gasteiger partial charge in [-0.25, -0.2) is 4.52 Å². The topological polar surface area (TPSA) is 42.2 Å². The number of aromatic nitrogens is 3. The van der Waals surface area contributed by atoms with Crippen LogP contribution in [0.25, 0.3) is 5.65 Å². The molecule has 92 valence electrons. The third-order valence-electron chi connectivity index (χ3n) is 2.96. The first kappa shape index (κ1) is 11.2. The number of nitrogens with one attached hydrogen (secondary N) is 1. The van der Waals surface area contributed by atoms with Gasteiger partial charge in [-0.15, -0.1) is 5.10 Å². The molecule has 0 fully saturated rings. The van der Waals surface area contributed by atoms with Gasteiger partial charge < -0.3 is 5.32 Å². The van der Waals surface area contributed by atoms with E-state index in [0.717, 1.165) is 17.8 Å². The number of thiophene rings is 1. The van der Waals surface area contributed by atoms with Crippen LogP contribution in [0.1, 0.15) is 16.7 Å². The summed E-state index contributed by atoms with van der Waals surface area (Å²) in [6.07, 6.45) is 1.91. The van der Waals surface area contributed by atoms with Crippen molar-refractivity contribution in [2.45, 2.75) is 20.4 Å². The zero-order valence-electron chi connectivity index (χ0n) is 10.3. The van der Waals surface area contributed by atoms with Gasteiger partial charge in [-0.2, -0.15) is 16.3 Å². The molecule has 0 aliphatic carbocycles. The van der Waals surface area contributed by atoms with Crippen LogP contribution in [0.2, 0.25) is 0 Å². The van der Waals surface area contributed by atoms with E-state index in [0.29, 0.717) is 5.95 Å². The van der Waals surface area contributed by atoms with Gasteiger partial charge in [0.05, 0.1) is 0 Å². The Morgan fingerprint density at radius 3 is 2.89 bits per heavy atom. The van der Waals surface area contributed by atoms with Crippen molar-refractivity contribution in [3.05, 3.63) is 45.8 Å². The van der Waals surface area contributed by atoms with Crippen molar-refractivity contribution in [3.63, 3.8) is 0 Å². The first-order chi connectivity index (χ1) is 8.74. The van der Waals surface area contributed by atoms with Crippen LogP contribution in [0.5, 0.6) is 0 Å². The van der Waals surface area contributed by atoms with E-state index in [1.807, 2.05) is 25.3 Å². The minimum Gasteiger partial charge on any atom is -0.349 e. The minimum atomic E-state index is 0.676. The highest BCUT2D eigenvalue weighted by Crippen LogP contribution is 2.15. The molecule has 3 aromatic heterocycles. The van der Waals surface area contributed by atoms with Crippen LogP contribution in [-0.2, 0) is 6.54 Å². The number of aryl methyl sites for hydroxylation is 2. The Bertz CT molecular complexity index is 683. The van der Waals surface area contributed by atoms with Crippen LogP contribution < -0.4 is 5.32 Å². The molecule has 3 aromatic rings. The summed E-state index contributed by atoms with van der Waals surface area (Å²) >= 11 is 1.72. The maximum absolute atomic E-state index is 4.49.